The molecule has 1 unspecified atom stereocenters. The summed E-state index contributed by atoms with van der Waals surface area (Å²) in [5, 5.41) is 2.87. The normalized spacial score (nSPS) is 12.4. The van der Waals surface area contributed by atoms with Crippen molar-refractivity contribution in [2.24, 2.45) is 5.92 Å². The molecular formula is C10H17N3O. The molecule has 1 atom stereocenters. The van der Waals surface area contributed by atoms with E-state index < -0.39 is 0 Å². The summed E-state index contributed by atoms with van der Waals surface area (Å²) in [5.41, 5.74) is 0. The number of carbonyl (C=O) groups is 1. The first kappa shape index (κ1) is 10.8. The SMILES string of the molecule is CCC(C)C(=O)NCCc1ncc[nH]1. The molecule has 0 saturated heterocycles. The van der Waals surface area contributed by atoms with Gasteiger partial charge in [0, 0.05) is 31.3 Å². The second kappa shape index (κ2) is 5.42. The lowest BCUT2D eigenvalue weighted by atomic mass is 10.1. The van der Waals surface area contributed by atoms with Gasteiger partial charge in [0.25, 0.3) is 0 Å². The number of carbonyl (C=O) groups excluding carboxylic acids is 1. The lowest BCUT2D eigenvalue weighted by Crippen LogP contribution is -2.30. The molecule has 0 radical (unpaired) electrons. The van der Waals surface area contributed by atoms with Crippen LogP contribution < -0.4 is 5.32 Å². The van der Waals surface area contributed by atoms with Crippen LogP contribution >= 0.6 is 0 Å². The van der Waals surface area contributed by atoms with Crippen molar-refractivity contribution in [3.8, 4) is 0 Å². The van der Waals surface area contributed by atoms with Crippen LogP contribution in [-0.4, -0.2) is 22.4 Å². The third kappa shape index (κ3) is 3.20. The highest BCUT2D eigenvalue weighted by Gasteiger charge is 2.08. The summed E-state index contributed by atoms with van der Waals surface area (Å²) < 4.78 is 0. The summed E-state index contributed by atoms with van der Waals surface area (Å²) in [5.74, 6) is 1.14. The van der Waals surface area contributed by atoms with Crippen LogP contribution in [0.2, 0.25) is 0 Å². The van der Waals surface area contributed by atoms with E-state index in [1.807, 2.05) is 13.8 Å². The highest BCUT2D eigenvalue weighted by molar-refractivity contribution is 5.78. The van der Waals surface area contributed by atoms with Gasteiger partial charge in [-0.1, -0.05) is 13.8 Å². The molecule has 4 nitrogen and oxygen atoms in total. The molecule has 0 aliphatic rings. The molecule has 0 aromatic carbocycles. The third-order valence-corrected chi connectivity index (χ3v) is 2.28. The van der Waals surface area contributed by atoms with Gasteiger partial charge in [-0.15, -0.1) is 0 Å². The number of rotatable bonds is 5. The fourth-order valence-electron chi connectivity index (χ4n) is 1.10. The second-order valence-corrected chi connectivity index (χ2v) is 3.39. The van der Waals surface area contributed by atoms with Crippen molar-refractivity contribution in [1.82, 2.24) is 15.3 Å². The van der Waals surface area contributed by atoms with Crippen LogP contribution in [0.5, 0.6) is 0 Å². The Morgan fingerprint density at radius 3 is 3.07 bits per heavy atom. The standard InChI is InChI=1S/C10H17N3O/c1-3-8(2)10(14)13-5-4-9-11-6-7-12-9/h6-8H,3-5H2,1-2H3,(H,11,12)(H,13,14). The van der Waals surface area contributed by atoms with Crippen molar-refractivity contribution in [2.45, 2.75) is 26.7 Å². The molecule has 78 valence electrons. The van der Waals surface area contributed by atoms with Gasteiger partial charge in [-0.2, -0.15) is 0 Å². The molecule has 0 bridgehead atoms. The van der Waals surface area contributed by atoms with Crippen LogP contribution in [0.25, 0.3) is 0 Å². The Morgan fingerprint density at radius 2 is 2.50 bits per heavy atom. The molecule has 0 saturated carbocycles. The van der Waals surface area contributed by atoms with Gasteiger partial charge in [0.05, 0.1) is 0 Å². The lowest BCUT2D eigenvalue weighted by molar-refractivity contribution is -0.124. The number of aromatic nitrogens is 2. The van der Waals surface area contributed by atoms with Crippen molar-refractivity contribution in [3.63, 3.8) is 0 Å². The highest BCUT2D eigenvalue weighted by atomic mass is 16.1. The summed E-state index contributed by atoms with van der Waals surface area (Å²) in [6.45, 7) is 4.59. The van der Waals surface area contributed by atoms with Crippen molar-refractivity contribution in [1.29, 1.82) is 0 Å². The first-order chi connectivity index (χ1) is 6.74. The molecule has 1 amide bonds. The van der Waals surface area contributed by atoms with E-state index in [0.717, 1.165) is 18.7 Å². The van der Waals surface area contributed by atoms with Crippen LogP contribution in [0.4, 0.5) is 0 Å². The Balaban J connectivity index is 2.18. The van der Waals surface area contributed by atoms with Crippen LogP contribution in [0.1, 0.15) is 26.1 Å². The van der Waals surface area contributed by atoms with Gasteiger partial charge < -0.3 is 10.3 Å². The zero-order chi connectivity index (χ0) is 10.4. The molecule has 1 aromatic rings. The molecule has 2 N–H and O–H groups in total. The molecule has 0 aliphatic heterocycles. The molecule has 14 heavy (non-hydrogen) atoms. The van der Waals surface area contributed by atoms with E-state index in [1.165, 1.54) is 0 Å². The second-order valence-electron chi connectivity index (χ2n) is 3.39. The number of imidazole rings is 1. The average molecular weight is 195 g/mol. The smallest absolute Gasteiger partial charge is 0.222 e. The molecule has 4 heteroatoms. The maximum absolute atomic E-state index is 11.4. The zero-order valence-corrected chi connectivity index (χ0v) is 8.71. The number of hydrogen-bond acceptors (Lipinski definition) is 2. The lowest BCUT2D eigenvalue weighted by Gasteiger charge is -2.08. The minimum absolute atomic E-state index is 0.103. The minimum Gasteiger partial charge on any atom is -0.355 e. The molecule has 0 fully saturated rings. The summed E-state index contributed by atoms with van der Waals surface area (Å²) in [7, 11) is 0. The largest absolute Gasteiger partial charge is 0.355 e. The van der Waals surface area contributed by atoms with Gasteiger partial charge in [0.2, 0.25) is 5.91 Å². The third-order valence-electron chi connectivity index (χ3n) is 2.28. The van der Waals surface area contributed by atoms with Crippen LogP contribution in [0.3, 0.4) is 0 Å². The fraction of sp³-hybridized carbons (Fsp3) is 0.600. The summed E-state index contributed by atoms with van der Waals surface area (Å²) in [6, 6.07) is 0. The number of nitrogens with one attached hydrogen (secondary N) is 2. The van der Waals surface area contributed by atoms with Crippen molar-refractivity contribution in [2.75, 3.05) is 6.54 Å². The quantitative estimate of drug-likeness (QED) is 0.739. The van der Waals surface area contributed by atoms with Gasteiger partial charge in [-0.25, -0.2) is 4.98 Å². The van der Waals surface area contributed by atoms with E-state index >= 15 is 0 Å². The molecule has 1 rings (SSSR count). The Hall–Kier alpha value is -1.32. The van der Waals surface area contributed by atoms with E-state index in [1.54, 1.807) is 12.4 Å². The highest BCUT2D eigenvalue weighted by Crippen LogP contribution is 1.99. The number of aromatic amines is 1. The van der Waals surface area contributed by atoms with Crippen molar-refractivity contribution in [3.05, 3.63) is 18.2 Å². The Labute approximate surface area is 84.1 Å². The van der Waals surface area contributed by atoms with E-state index in [-0.39, 0.29) is 11.8 Å². The summed E-state index contributed by atoms with van der Waals surface area (Å²) >= 11 is 0. The summed E-state index contributed by atoms with van der Waals surface area (Å²) in [6.07, 6.45) is 5.14. The first-order valence-corrected chi connectivity index (χ1v) is 5.00. The fourth-order valence-corrected chi connectivity index (χ4v) is 1.10. The molecule has 0 aliphatic carbocycles. The number of H-pyrrole nitrogens is 1. The molecular weight excluding hydrogens is 178 g/mol. The number of nitrogens with zero attached hydrogens (tertiary/aromatic N) is 1. The minimum atomic E-state index is 0.103. The molecule has 1 aromatic heterocycles. The molecule has 1 heterocycles. The maximum Gasteiger partial charge on any atom is 0.222 e. The maximum atomic E-state index is 11.4. The Kier molecular flexibility index (Phi) is 4.16. The van der Waals surface area contributed by atoms with Crippen molar-refractivity contribution < 1.29 is 4.79 Å². The first-order valence-electron chi connectivity index (χ1n) is 5.00. The Morgan fingerprint density at radius 1 is 1.71 bits per heavy atom. The molecule has 0 spiro atoms. The topological polar surface area (TPSA) is 57.8 Å². The van der Waals surface area contributed by atoms with Crippen LogP contribution in [0, 0.1) is 5.92 Å². The number of amides is 1. The van der Waals surface area contributed by atoms with E-state index in [4.69, 9.17) is 0 Å². The van der Waals surface area contributed by atoms with E-state index in [2.05, 4.69) is 15.3 Å². The van der Waals surface area contributed by atoms with Gasteiger partial charge in [-0.3, -0.25) is 4.79 Å². The predicted octanol–water partition coefficient (Wildman–Crippen LogP) is 1.11. The van der Waals surface area contributed by atoms with Gasteiger partial charge >= 0.3 is 0 Å². The van der Waals surface area contributed by atoms with Gasteiger partial charge in [0.1, 0.15) is 5.82 Å². The van der Waals surface area contributed by atoms with Crippen LogP contribution in [0.15, 0.2) is 12.4 Å². The van der Waals surface area contributed by atoms with Crippen LogP contribution in [-0.2, 0) is 11.2 Å². The average Bonchev–Trinajstić information content (AvgIpc) is 2.69. The van der Waals surface area contributed by atoms with E-state index in [9.17, 15) is 4.79 Å². The Bertz CT molecular complexity index is 269. The van der Waals surface area contributed by atoms with Gasteiger partial charge in [-0.05, 0) is 6.42 Å². The monoisotopic (exact) mass is 195 g/mol. The van der Waals surface area contributed by atoms with Gasteiger partial charge in [0.15, 0.2) is 0 Å². The zero-order valence-electron chi connectivity index (χ0n) is 8.71. The predicted molar refractivity (Wildman–Crippen MR) is 54.8 cm³/mol. The van der Waals surface area contributed by atoms with E-state index in [0.29, 0.717) is 6.54 Å². The number of hydrogen-bond donors (Lipinski definition) is 2. The summed E-state index contributed by atoms with van der Waals surface area (Å²) in [4.78, 5) is 18.4. The van der Waals surface area contributed by atoms with Crippen molar-refractivity contribution >= 4 is 5.91 Å².